The van der Waals surface area contributed by atoms with E-state index >= 15 is 0 Å². The van der Waals surface area contributed by atoms with Crippen molar-refractivity contribution in [1.82, 2.24) is 0 Å². The normalized spacial score (nSPS) is 12.2. The number of benzene rings is 1. The first-order valence-corrected chi connectivity index (χ1v) is 3.84. The van der Waals surface area contributed by atoms with Gasteiger partial charge in [-0.1, -0.05) is 6.07 Å². The van der Waals surface area contributed by atoms with E-state index in [2.05, 4.69) is 0 Å². The molecule has 0 fully saturated rings. The average molecular weight is 179 g/mol. The van der Waals surface area contributed by atoms with E-state index in [4.69, 9.17) is 16.7 Å². The standard InChI is InChI=1S/C9H10FN3/c10-8-3-6(4-11)1-2-7(8)9(13)5-12/h1-3,9H,5,12-13H2/t9-/m0/s1. The number of nitrogens with two attached hydrogens (primary N) is 2. The van der Waals surface area contributed by atoms with Gasteiger partial charge in [-0.3, -0.25) is 0 Å². The SMILES string of the molecule is N#Cc1ccc([C@@H](N)CN)c(F)c1. The molecule has 1 atom stereocenters. The van der Waals surface area contributed by atoms with Gasteiger partial charge in [0.1, 0.15) is 5.82 Å². The quantitative estimate of drug-likeness (QED) is 0.700. The molecule has 1 aromatic carbocycles. The fourth-order valence-electron chi connectivity index (χ4n) is 1.02. The number of halogens is 1. The lowest BCUT2D eigenvalue weighted by atomic mass is 10.1. The zero-order valence-corrected chi connectivity index (χ0v) is 7.00. The number of nitrogens with zero attached hydrogens (tertiary/aromatic N) is 1. The maximum absolute atomic E-state index is 13.2. The average Bonchev–Trinajstić information content (AvgIpc) is 2.16. The van der Waals surface area contributed by atoms with Gasteiger partial charge in [0.05, 0.1) is 11.6 Å². The molecular weight excluding hydrogens is 169 g/mol. The van der Waals surface area contributed by atoms with Crippen LogP contribution < -0.4 is 11.5 Å². The molecule has 13 heavy (non-hydrogen) atoms. The summed E-state index contributed by atoms with van der Waals surface area (Å²) in [5.41, 5.74) is 11.5. The Hall–Kier alpha value is -1.44. The van der Waals surface area contributed by atoms with Crippen LogP contribution in [0.5, 0.6) is 0 Å². The summed E-state index contributed by atoms with van der Waals surface area (Å²) >= 11 is 0. The number of hydrogen-bond acceptors (Lipinski definition) is 3. The van der Waals surface area contributed by atoms with Gasteiger partial charge < -0.3 is 11.5 Å². The van der Waals surface area contributed by atoms with E-state index < -0.39 is 11.9 Å². The second kappa shape index (κ2) is 3.99. The van der Waals surface area contributed by atoms with Gasteiger partial charge in [0, 0.05) is 18.2 Å². The predicted octanol–water partition coefficient (Wildman–Crippen LogP) is 0.656. The van der Waals surface area contributed by atoms with Gasteiger partial charge in [-0.2, -0.15) is 5.26 Å². The lowest BCUT2D eigenvalue weighted by Gasteiger charge is -2.09. The second-order valence-corrected chi connectivity index (χ2v) is 2.69. The van der Waals surface area contributed by atoms with E-state index in [1.807, 2.05) is 6.07 Å². The first-order chi connectivity index (χ1) is 6.19. The molecule has 4 heteroatoms. The Bertz CT molecular complexity index is 343. The predicted molar refractivity (Wildman–Crippen MR) is 47.1 cm³/mol. The highest BCUT2D eigenvalue weighted by Gasteiger charge is 2.09. The molecule has 0 aliphatic heterocycles. The Labute approximate surface area is 75.8 Å². The molecule has 0 heterocycles. The second-order valence-electron chi connectivity index (χ2n) is 2.69. The van der Waals surface area contributed by atoms with Crippen LogP contribution in [-0.2, 0) is 0 Å². The molecule has 0 aromatic heterocycles. The van der Waals surface area contributed by atoms with Crippen molar-refractivity contribution >= 4 is 0 Å². The maximum Gasteiger partial charge on any atom is 0.129 e. The molecule has 0 saturated heterocycles. The van der Waals surface area contributed by atoms with E-state index in [-0.39, 0.29) is 12.1 Å². The van der Waals surface area contributed by atoms with Crippen LogP contribution >= 0.6 is 0 Å². The van der Waals surface area contributed by atoms with Crippen LogP contribution in [-0.4, -0.2) is 6.54 Å². The molecule has 4 N–H and O–H groups in total. The smallest absolute Gasteiger partial charge is 0.129 e. The van der Waals surface area contributed by atoms with E-state index in [0.717, 1.165) is 6.07 Å². The van der Waals surface area contributed by atoms with Gasteiger partial charge in [0.15, 0.2) is 0 Å². The van der Waals surface area contributed by atoms with Crippen LogP contribution in [0.15, 0.2) is 18.2 Å². The minimum absolute atomic E-state index is 0.183. The Morgan fingerprint density at radius 3 is 2.69 bits per heavy atom. The maximum atomic E-state index is 13.2. The molecule has 0 radical (unpaired) electrons. The molecule has 1 aromatic rings. The monoisotopic (exact) mass is 179 g/mol. The van der Waals surface area contributed by atoms with Crippen LogP contribution in [0.1, 0.15) is 17.2 Å². The fourth-order valence-corrected chi connectivity index (χ4v) is 1.02. The first-order valence-electron chi connectivity index (χ1n) is 3.84. The molecule has 0 bridgehead atoms. The summed E-state index contributed by atoms with van der Waals surface area (Å²) in [6, 6.07) is 5.50. The summed E-state index contributed by atoms with van der Waals surface area (Å²) in [4.78, 5) is 0. The zero-order valence-electron chi connectivity index (χ0n) is 7.00. The van der Waals surface area contributed by atoms with Crippen LogP contribution in [0, 0.1) is 17.1 Å². The Kier molecular flexibility index (Phi) is 2.96. The van der Waals surface area contributed by atoms with Crippen molar-refractivity contribution < 1.29 is 4.39 Å². The van der Waals surface area contributed by atoms with E-state index in [1.165, 1.54) is 12.1 Å². The molecular formula is C9H10FN3. The van der Waals surface area contributed by atoms with Gasteiger partial charge >= 0.3 is 0 Å². The van der Waals surface area contributed by atoms with Gasteiger partial charge in [-0.05, 0) is 12.1 Å². The summed E-state index contributed by atoms with van der Waals surface area (Å²) in [5, 5.41) is 8.48. The highest BCUT2D eigenvalue weighted by atomic mass is 19.1. The fraction of sp³-hybridized carbons (Fsp3) is 0.222. The van der Waals surface area contributed by atoms with Crippen LogP contribution in [0.2, 0.25) is 0 Å². The lowest BCUT2D eigenvalue weighted by molar-refractivity contribution is 0.584. The summed E-state index contributed by atoms with van der Waals surface area (Å²) in [6.45, 7) is 0.183. The molecule has 0 spiro atoms. The highest BCUT2D eigenvalue weighted by Crippen LogP contribution is 2.15. The summed E-state index contributed by atoms with van der Waals surface area (Å²) < 4.78 is 13.2. The van der Waals surface area contributed by atoms with Gasteiger partial charge in [-0.15, -0.1) is 0 Å². The number of rotatable bonds is 2. The minimum Gasteiger partial charge on any atom is -0.329 e. The van der Waals surface area contributed by atoms with E-state index in [0.29, 0.717) is 5.56 Å². The first kappa shape index (κ1) is 9.65. The molecule has 0 amide bonds. The van der Waals surface area contributed by atoms with Crippen LogP contribution in [0.3, 0.4) is 0 Å². The van der Waals surface area contributed by atoms with Crippen LogP contribution in [0.25, 0.3) is 0 Å². The third kappa shape index (κ3) is 2.02. The largest absolute Gasteiger partial charge is 0.329 e. The molecule has 0 saturated carbocycles. The molecule has 0 aliphatic rings. The lowest BCUT2D eigenvalue weighted by Crippen LogP contribution is -2.21. The molecule has 3 nitrogen and oxygen atoms in total. The Morgan fingerprint density at radius 1 is 1.54 bits per heavy atom. The van der Waals surface area contributed by atoms with E-state index in [9.17, 15) is 4.39 Å². The molecule has 0 aliphatic carbocycles. The van der Waals surface area contributed by atoms with Crippen molar-refractivity contribution in [2.24, 2.45) is 11.5 Å². The van der Waals surface area contributed by atoms with Crippen molar-refractivity contribution in [2.45, 2.75) is 6.04 Å². The van der Waals surface area contributed by atoms with Gasteiger partial charge in [0.2, 0.25) is 0 Å². The van der Waals surface area contributed by atoms with Crippen LogP contribution in [0.4, 0.5) is 4.39 Å². The topological polar surface area (TPSA) is 75.8 Å². The summed E-state index contributed by atoms with van der Waals surface area (Å²) in [6.07, 6.45) is 0. The van der Waals surface area contributed by atoms with Crippen molar-refractivity contribution in [3.05, 3.63) is 35.1 Å². The summed E-state index contributed by atoms with van der Waals surface area (Å²) in [5.74, 6) is -0.475. The third-order valence-electron chi connectivity index (χ3n) is 1.78. The molecule has 68 valence electrons. The van der Waals surface area contributed by atoms with Crippen molar-refractivity contribution in [2.75, 3.05) is 6.54 Å². The number of nitriles is 1. The van der Waals surface area contributed by atoms with Gasteiger partial charge in [-0.25, -0.2) is 4.39 Å². The molecule has 0 unspecified atom stereocenters. The summed E-state index contributed by atoms with van der Waals surface area (Å²) in [7, 11) is 0. The minimum atomic E-state index is -0.507. The Morgan fingerprint density at radius 2 is 2.23 bits per heavy atom. The van der Waals surface area contributed by atoms with Crippen molar-refractivity contribution in [3.8, 4) is 6.07 Å². The highest BCUT2D eigenvalue weighted by molar-refractivity contribution is 5.34. The van der Waals surface area contributed by atoms with Gasteiger partial charge in [0.25, 0.3) is 0 Å². The van der Waals surface area contributed by atoms with E-state index in [1.54, 1.807) is 0 Å². The Balaban J connectivity index is 3.07. The molecule has 1 rings (SSSR count). The number of hydrogen-bond donors (Lipinski definition) is 2. The third-order valence-corrected chi connectivity index (χ3v) is 1.78. The zero-order chi connectivity index (χ0) is 9.84. The van der Waals surface area contributed by atoms with Crippen molar-refractivity contribution in [3.63, 3.8) is 0 Å². The van der Waals surface area contributed by atoms with Crippen molar-refractivity contribution in [1.29, 1.82) is 5.26 Å².